The molecule has 1 aliphatic carbocycles. The molecule has 2 rings (SSSR count). The van der Waals surface area contributed by atoms with Crippen LogP contribution in [-0.2, 0) is 4.74 Å². The van der Waals surface area contributed by atoms with Crippen molar-refractivity contribution in [2.24, 2.45) is 10.4 Å². The molecule has 0 aromatic carbocycles. The van der Waals surface area contributed by atoms with Crippen LogP contribution in [0.15, 0.2) is 4.99 Å². The van der Waals surface area contributed by atoms with Gasteiger partial charge in [0.2, 0.25) is 0 Å². The molecule has 0 aromatic rings. The van der Waals surface area contributed by atoms with Crippen molar-refractivity contribution in [3.63, 3.8) is 0 Å². The highest BCUT2D eigenvalue weighted by Crippen LogP contribution is 2.32. The maximum Gasteiger partial charge on any atom is 0.191 e. The van der Waals surface area contributed by atoms with Gasteiger partial charge in [-0.15, -0.1) is 0 Å². The van der Waals surface area contributed by atoms with E-state index in [0.717, 1.165) is 51.2 Å². The molecule has 122 valence electrons. The molecule has 0 spiro atoms. The summed E-state index contributed by atoms with van der Waals surface area (Å²) in [5.74, 6) is 0.738. The summed E-state index contributed by atoms with van der Waals surface area (Å²) in [4.78, 5) is 4.64. The lowest BCUT2D eigenvalue weighted by molar-refractivity contribution is -0.0279. The molecule has 2 aliphatic rings. The summed E-state index contributed by atoms with van der Waals surface area (Å²) >= 11 is 0. The summed E-state index contributed by atoms with van der Waals surface area (Å²) in [6.45, 7) is 5.58. The van der Waals surface area contributed by atoms with E-state index < -0.39 is 5.60 Å². The summed E-state index contributed by atoms with van der Waals surface area (Å²) in [5.41, 5.74) is -0.597. The van der Waals surface area contributed by atoms with Gasteiger partial charge in [-0.1, -0.05) is 0 Å². The van der Waals surface area contributed by atoms with Crippen molar-refractivity contribution in [3.05, 3.63) is 0 Å². The highest BCUT2D eigenvalue weighted by molar-refractivity contribution is 5.79. The van der Waals surface area contributed by atoms with Gasteiger partial charge < -0.3 is 25.6 Å². The van der Waals surface area contributed by atoms with Crippen LogP contribution in [0.25, 0.3) is 0 Å². The van der Waals surface area contributed by atoms with E-state index in [1.807, 2.05) is 6.92 Å². The minimum absolute atomic E-state index is 0.0372. The summed E-state index contributed by atoms with van der Waals surface area (Å²) < 4.78 is 5.48. The zero-order valence-corrected chi connectivity index (χ0v) is 13.0. The van der Waals surface area contributed by atoms with E-state index in [2.05, 4.69) is 15.6 Å². The van der Waals surface area contributed by atoms with Gasteiger partial charge in [-0.05, 0) is 39.0 Å². The minimum atomic E-state index is -0.560. The van der Waals surface area contributed by atoms with Crippen molar-refractivity contribution in [3.8, 4) is 0 Å². The lowest BCUT2D eigenvalue weighted by Gasteiger charge is -2.37. The molecule has 6 heteroatoms. The number of guanidine groups is 1. The van der Waals surface area contributed by atoms with Crippen molar-refractivity contribution in [1.29, 1.82) is 0 Å². The third-order valence-corrected chi connectivity index (χ3v) is 4.61. The molecule has 4 N–H and O–H groups in total. The fourth-order valence-corrected chi connectivity index (χ4v) is 2.89. The monoisotopic (exact) mass is 299 g/mol. The van der Waals surface area contributed by atoms with Crippen LogP contribution in [0.4, 0.5) is 0 Å². The number of aliphatic hydroxyl groups is 2. The Hall–Kier alpha value is -0.850. The Morgan fingerprint density at radius 1 is 1.29 bits per heavy atom. The lowest BCUT2D eigenvalue weighted by Crippen LogP contribution is -2.50. The van der Waals surface area contributed by atoms with Gasteiger partial charge in [0.1, 0.15) is 0 Å². The first-order valence-corrected chi connectivity index (χ1v) is 8.05. The summed E-state index contributed by atoms with van der Waals surface area (Å²) in [5, 5.41) is 25.8. The molecule has 0 bridgehead atoms. The van der Waals surface area contributed by atoms with E-state index >= 15 is 0 Å². The van der Waals surface area contributed by atoms with Crippen LogP contribution in [-0.4, -0.2) is 61.2 Å². The molecule has 1 aliphatic heterocycles. The molecule has 0 amide bonds. The first kappa shape index (κ1) is 16.5. The Balaban J connectivity index is 1.89. The van der Waals surface area contributed by atoms with E-state index in [1.54, 1.807) is 0 Å². The van der Waals surface area contributed by atoms with Crippen LogP contribution in [0.2, 0.25) is 0 Å². The largest absolute Gasteiger partial charge is 0.396 e. The smallest absolute Gasteiger partial charge is 0.191 e. The second-order valence-electron chi connectivity index (χ2n) is 6.40. The quantitative estimate of drug-likeness (QED) is 0.400. The predicted molar refractivity (Wildman–Crippen MR) is 82.4 cm³/mol. The third-order valence-electron chi connectivity index (χ3n) is 4.61. The molecule has 1 saturated heterocycles. The van der Waals surface area contributed by atoms with Gasteiger partial charge in [-0.2, -0.15) is 0 Å². The molecule has 1 heterocycles. The second kappa shape index (κ2) is 7.42. The topological polar surface area (TPSA) is 86.1 Å². The van der Waals surface area contributed by atoms with Crippen LogP contribution in [0.3, 0.4) is 0 Å². The van der Waals surface area contributed by atoms with Crippen LogP contribution >= 0.6 is 0 Å². The van der Waals surface area contributed by atoms with E-state index in [9.17, 15) is 10.2 Å². The number of ether oxygens (including phenoxy) is 1. The van der Waals surface area contributed by atoms with Crippen molar-refractivity contribution >= 4 is 5.96 Å². The van der Waals surface area contributed by atoms with Crippen LogP contribution in [0.5, 0.6) is 0 Å². The standard InChI is InChI=1S/C15H29N3O3/c1-2-16-13(18-11-15(20)4-3-5-15)17-10-14(6-8-19)7-9-21-12-14/h19-20H,2-12H2,1H3,(H2,16,17,18). The molecule has 0 radical (unpaired) electrons. The van der Waals surface area contributed by atoms with Crippen molar-refractivity contribution in [1.82, 2.24) is 10.6 Å². The average Bonchev–Trinajstić information content (AvgIpc) is 2.89. The van der Waals surface area contributed by atoms with Gasteiger partial charge in [0.05, 0.1) is 18.8 Å². The first-order chi connectivity index (χ1) is 10.1. The Morgan fingerprint density at radius 3 is 2.62 bits per heavy atom. The summed E-state index contributed by atoms with van der Waals surface area (Å²) in [6.07, 6.45) is 4.49. The van der Waals surface area contributed by atoms with Crippen LogP contribution in [0, 0.1) is 5.41 Å². The normalized spacial score (nSPS) is 28.2. The molecule has 0 aromatic heterocycles. The van der Waals surface area contributed by atoms with Gasteiger partial charge in [0.25, 0.3) is 0 Å². The molecular formula is C15H29N3O3. The van der Waals surface area contributed by atoms with Gasteiger partial charge in [0.15, 0.2) is 5.96 Å². The van der Waals surface area contributed by atoms with E-state index in [1.165, 1.54) is 0 Å². The molecule has 1 unspecified atom stereocenters. The molecule has 6 nitrogen and oxygen atoms in total. The molecule has 2 fully saturated rings. The fourth-order valence-electron chi connectivity index (χ4n) is 2.89. The van der Waals surface area contributed by atoms with Crippen LogP contribution < -0.4 is 10.6 Å². The molecule has 1 saturated carbocycles. The number of hydrogen-bond donors (Lipinski definition) is 4. The maximum atomic E-state index is 10.1. The van der Waals surface area contributed by atoms with Crippen LogP contribution in [0.1, 0.15) is 39.0 Å². The fraction of sp³-hybridized carbons (Fsp3) is 0.933. The van der Waals surface area contributed by atoms with Crippen molar-refractivity contribution < 1.29 is 14.9 Å². The van der Waals surface area contributed by atoms with E-state index in [0.29, 0.717) is 19.7 Å². The van der Waals surface area contributed by atoms with Gasteiger partial charge in [-0.3, -0.25) is 4.99 Å². The highest BCUT2D eigenvalue weighted by Gasteiger charge is 2.35. The number of nitrogens with one attached hydrogen (secondary N) is 2. The Kier molecular flexibility index (Phi) is 5.84. The molecule has 21 heavy (non-hydrogen) atoms. The zero-order chi connectivity index (χ0) is 15.2. The van der Waals surface area contributed by atoms with Crippen molar-refractivity contribution in [2.75, 3.05) is 39.5 Å². The van der Waals surface area contributed by atoms with Gasteiger partial charge in [-0.25, -0.2) is 0 Å². The minimum Gasteiger partial charge on any atom is -0.396 e. The second-order valence-corrected chi connectivity index (χ2v) is 6.40. The number of aliphatic hydroxyl groups excluding tert-OH is 1. The van der Waals surface area contributed by atoms with Gasteiger partial charge >= 0.3 is 0 Å². The number of rotatable bonds is 7. The predicted octanol–water partition coefficient (Wildman–Crippen LogP) is 0.246. The summed E-state index contributed by atoms with van der Waals surface area (Å²) in [6, 6.07) is 0. The number of aliphatic imine (C=N–C) groups is 1. The SMILES string of the molecule is CCNC(=NCC1(CCO)CCOC1)NCC1(O)CCC1. The number of nitrogens with zero attached hydrogens (tertiary/aromatic N) is 1. The average molecular weight is 299 g/mol. The Labute approximate surface area is 127 Å². The van der Waals surface area contributed by atoms with E-state index in [4.69, 9.17) is 4.74 Å². The molecular weight excluding hydrogens is 270 g/mol. The summed E-state index contributed by atoms with van der Waals surface area (Å²) in [7, 11) is 0. The van der Waals surface area contributed by atoms with Gasteiger partial charge in [0, 0.05) is 31.7 Å². The zero-order valence-electron chi connectivity index (χ0n) is 13.0. The number of hydrogen-bond acceptors (Lipinski definition) is 4. The molecule has 1 atom stereocenters. The Morgan fingerprint density at radius 2 is 2.10 bits per heavy atom. The maximum absolute atomic E-state index is 10.1. The highest BCUT2D eigenvalue weighted by atomic mass is 16.5. The third kappa shape index (κ3) is 4.56. The Bertz CT molecular complexity index is 350. The lowest BCUT2D eigenvalue weighted by atomic mass is 9.80. The van der Waals surface area contributed by atoms with E-state index in [-0.39, 0.29) is 12.0 Å². The van der Waals surface area contributed by atoms with Crippen molar-refractivity contribution in [2.45, 2.75) is 44.6 Å². The first-order valence-electron chi connectivity index (χ1n) is 8.05.